The van der Waals surface area contributed by atoms with Crippen LogP contribution < -0.4 is 5.73 Å². The topological polar surface area (TPSA) is 73.3 Å². The minimum Gasteiger partial charge on any atom is -0.384 e. The lowest BCUT2D eigenvalue weighted by Crippen LogP contribution is -2.14. The van der Waals surface area contributed by atoms with Gasteiger partial charge in [-0.3, -0.25) is 4.79 Å². The van der Waals surface area contributed by atoms with Gasteiger partial charge in [0, 0.05) is 36.6 Å². The molecule has 5 nitrogen and oxygen atoms in total. The first kappa shape index (κ1) is 10.3. The highest BCUT2D eigenvalue weighted by Gasteiger charge is 2.22. The molecule has 88 valence electrons. The molecule has 0 radical (unpaired) electrons. The monoisotopic (exact) mass is 230 g/mol. The SMILES string of the molecule is Nc1cc(C2CCC(=O)CC2)nc2ccnn12. The van der Waals surface area contributed by atoms with Crippen LogP contribution in [0.4, 0.5) is 5.82 Å². The molecular formula is C12H14N4O. The van der Waals surface area contributed by atoms with Crippen LogP contribution in [0, 0.1) is 0 Å². The average molecular weight is 230 g/mol. The first-order valence-electron chi connectivity index (χ1n) is 5.86. The van der Waals surface area contributed by atoms with Crippen LogP contribution in [0.25, 0.3) is 5.65 Å². The molecule has 0 spiro atoms. The number of carbonyl (C=O) groups is 1. The Morgan fingerprint density at radius 1 is 1.35 bits per heavy atom. The van der Waals surface area contributed by atoms with Crippen molar-refractivity contribution in [2.24, 2.45) is 0 Å². The number of ketones is 1. The molecular weight excluding hydrogens is 216 g/mol. The van der Waals surface area contributed by atoms with E-state index < -0.39 is 0 Å². The van der Waals surface area contributed by atoms with Crippen LogP contribution in [-0.2, 0) is 4.79 Å². The lowest BCUT2D eigenvalue weighted by atomic mass is 9.86. The Bertz CT molecular complexity index is 565. The molecule has 3 rings (SSSR count). The fourth-order valence-corrected chi connectivity index (χ4v) is 2.40. The van der Waals surface area contributed by atoms with Crippen molar-refractivity contribution in [2.75, 3.05) is 5.73 Å². The second-order valence-corrected chi connectivity index (χ2v) is 4.52. The van der Waals surface area contributed by atoms with Crippen molar-refractivity contribution in [3.63, 3.8) is 0 Å². The third-order valence-electron chi connectivity index (χ3n) is 3.37. The Kier molecular flexibility index (Phi) is 2.31. The second-order valence-electron chi connectivity index (χ2n) is 4.52. The summed E-state index contributed by atoms with van der Waals surface area (Å²) in [6.45, 7) is 0. The molecule has 0 atom stereocenters. The highest BCUT2D eigenvalue weighted by molar-refractivity contribution is 5.79. The summed E-state index contributed by atoms with van der Waals surface area (Å²) in [7, 11) is 0. The van der Waals surface area contributed by atoms with Crippen LogP contribution >= 0.6 is 0 Å². The van der Waals surface area contributed by atoms with Crippen LogP contribution in [0.5, 0.6) is 0 Å². The maximum Gasteiger partial charge on any atom is 0.157 e. The van der Waals surface area contributed by atoms with E-state index in [0.717, 1.165) is 24.2 Å². The lowest BCUT2D eigenvalue weighted by Gasteiger charge is -2.20. The van der Waals surface area contributed by atoms with Crippen molar-refractivity contribution < 1.29 is 4.79 Å². The Morgan fingerprint density at radius 2 is 2.12 bits per heavy atom. The molecule has 0 bridgehead atoms. The number of carbonyl (C=O) groups excluding carboxylic acids is 1. The van der Waals surface area contributed by atoms with Crippen molar-refractivity contribution in [1.29, 1.82) is 0 Å². The van der Waals surface area contributed by atoms with Crippen molar-refractivity contribution in [1.82, 2.24) is 14.6 Å². The minimum absolute atomic E-state index is 0.356. The summed E-state index contributed by atoms with van der Waals surface area (Å²) < 4.78 is 1.62. The highest BCUT2D eigenvalue weighted by atomic mass is 16.1. The van der Waals surface area contributed by atoms with Gasteiger partial charge in [-0.25, -0.2) is 4.98 Å². The van der Waals surface area contributed by atoms with Gasteiger partial charge in [0.1, 0.15) is 11.6 Å². The van der Waals surface area contributed by atoms with Gasteiger partial charge in [-0.1, -0.05) is 0 Å². The number of aromatic nitrogens is 3. The first-order valence-corrected chi connectivity index (χ1v) is 5.86. The smallest absolute Gasteiger partial charge is 0.157 e. The van der Waals surface area contributed by atoms with Crippen molar-refractivity contribution >= 4 is 17.2 Å². The summed E-state index contributed by atoms with van der Waals surface area (Å²) in [5.74, 6) is 1.32. The molecule has 1 saturated carbocycles. The van der Waals surface area contributed by atoms with E-state index in [1.807, 2.05) is 12.1 Å². The summed E-state index contributed by atoms with van der Waals surface area (Å²) in [6.07, 6.45) is 4.78. The third-order valence-corrected chi connectivity index (χ3v) is 3.37. The molecule has 2 aromatic heterocycles. The molecule has 2 aromatic rings. The molecule has 0 aromatic carbocycles. The standard InChI is InChI=1S/C12H14N4O/c13-11-7-10(8-1-3-9(17)4-2-8)15-12-5-6-14-16(11)12/h5-8H,1-4,13H2. The third kappa shape index (κ3) is 1.77. The fraction of sp³-hybridized carbons (Fsp3) is 0.417. The zero-order chi connectivity index (χ0) is 11.8. The molecule has 0 aliphatic heterocycles. The van der Waals surface area contributed by atoms with E-state index >= 15 is 0 Å². The van der Waals surface area contributed by atoms with Crippen LogP contribution in [0.3, 0.4) is 0 Å². The number of hydrogen-bond donors (Lipinski definition) is 1. The van der Waals surface area contributed by atoms with E-state index in [9.17, 15) is 4.79 Å². The predicted octanol–water partition coefficient (Wildman–Crippen LogP) is 1.54. The Hall–Kier alpha value is -1.91. The van der Waals surface area contributed by atoms with Gasteiger partial charge >= 0.3 is 0 Å². The summed E-state index contributed by atoms with van der Waals surface area (Å²) in [5, 5.41) is 4.09. The van der Waals surface area contributed by atoms with Crippen LogP contribution in [0.15, 0.2) is 18.3 Å². The summed E-state index contributed by atoms with van der Waals surface area (Å²) in [6, 6.07) is 3.72. The molecule has 2 N–H and O–H groups in total. The number of anilines is 1. The number of nitrogen functional groups attached to an aromatic ring is 1. The lowest BCUT2D eigenvalue weighted by molar-refractivity contribution is -0.120. The predicted molar refractivity (Wildman–Crippen MR) is 63.6 cm³/mol. The summed E-state index contributed by atoms with van der Waals surface area (Å²) in [4.78, 5) is 15.8. The van der Waals surface area contributed by atoms with Crippen molar-refractivity contribution in [3.8, 4) is 0 Å². The molecule has 2 heterocycles. The quantitative estimate of drug-likeness (QED) is 0.806. The molecule has 1 aliphatic carbocycles. The van der Waals surface area contributed by atoms with E-state index in [1.54, 1.807) is 10.7 Å². The van der Waals surface area contributed by atoms with Crippen molar-refractivity contribution in [2.45, 2.75) is 31.6 Å². The number of hydrogen-bond acceptors (Lipinski definition) is 4. The van der Waals surface area contributed by atoms with E-state index in [1.165, 1.54) is 0 Å². The van der Waals surface area contributed by atoms with Gasteiger partial charge in [-0.05, 0) is 12.8 Å². The van der Waals surface area contributed by atoms with Crippen LogP contribution in [0.1, 0.15) is 37.3 Å². The first-order chi connectivity index (χ1) is 8.24. The highest BCUT2D eigenvalue weighted by Crippen LogP contribution is 2.31. The van der Waals surface area contributed by atoms with Crippen LogP contribution in [-0.4, -0.2) is 20.4 Å². The van der Waals surface area contributed by atoms with E-state index in [4.69, 9.17) is 5.73 Å². The molecule has 0 unspecified atom stereocenters. The Balaban J connectivity index is 1.97. The van der Waals surface area contributed by atoms with E-state index in [2.05, 4.69) is 10.1 Å². The fourth-order valence-electron chi connectivity index (χ4n) is 2.40. The minimum atomic E-state index is 0.356. The average Bonchev–Trinajstić information content (AvgIpc) is 2.78. The second kappa shape index (κ2) is 3.84. The molecule has 1 aliphatic rings. The Morgan fingerprint density at radius 3 is 2.88 bits per heavy atom. The van der Waals surface area contributed by atoms with Gasteiger partial charge in [0.15, 0.2) is 5.65 Å². The normalized spacial score (nSPS) is 17.8. The summed E-state index contributed by atoms with van der Waals surface area (Å²) >= 11 is 0. The van der Waals surface area contributed by atoms with Gasteiger partial charge < -0.3 is 5.73 Å². The Labute approximate surface area is 98.6 Å². The van der Waals surface area contributed by atoms with E-state index in [-0.39, 0.29) is 0 Å². The zero-order valence-electron chi connectivity index (χ0n) is 9.47. The van der Waals surface area contributed by atoms with Gasteiger partial charge in [-0.15, -0.1) is 0 Å². The largest absolute Gasteiger partial charge is 0.384 e. The number of fused-ring (bicyclic) bond motifs is 1. The number of rotatable bonds is 1. The molecule has 0 saturated heterocycles. The van der Waals surface area contributed by atoms with Gasteiger partial charge in [0.05, 0.1) is 6.20 Å². The number of Topliss-reactive ketones (excluding diaryl/α,β-unsaturated/α-hetero) is 1. The van der Waals surface area contributed by atoms with Gasteiger partial charge in [0.2, 0.25) is 0 Å². The van der Waals surface area contributed by atoms with Crippen LogP contribution in [0.2, 0.25) is 0 Å². The van der Waals surface area contributed by atoms with Crippen molar-refractivity contribution in [3.05, 3.63) is 24.0 Å². The van der Waals surface area contributed by atoms with Gasteiger partial charge in [-0.2, -0.15) is 9.61 Å². The number of nitrogens with two attached hydrogens (primary N) is 1. The molecule has 1 fully saturated rings. The maximum absolute atomic E-state index is 11.2. The van der Waals surface area contributed by atoms with Gasteiger partial charge in [0.25, 0.3) is 0 Å². The number of nitrogens with zero attached hydrogens (tertiary/aromatic N) is 3. The molecule has 5 heteroatoms. The zero-order valence-corrected chi connectivity index (χ0v) is 9.47. The molecule has 17 heavy (non-hydrogen) atoms. The van der Waals surface area contributed by atoms with E-state index in [0.29, 0.717) is 30.4 Å². The maximum atomic E-state index is 11.2. The summed E-state index contributed by atoms with van der Waals surface area (Å²) in [5.41, 5.74) is 7.69. The molecule has 0 amide bonds.